The van der Waals surface area contributed by atoms with Crippen molar-refractivity contribution in [3.8, 4) is 22.2 Å². The third kappa shape index (κ3) is 8.91. The number of methoxy groups -OCH3 is 1. The number of benzene rings is 1. The molecule has 4 amide bonds. The Kier molecular flexibility index (Phi) is 11.1. The maximum Gasteiger partial charge on any atom is 0.408 e. The molecule has 0 radical (unpaired) electrons. The van der Waals surface area contributed by atoms with E-state index in [2.05, 4.69) is 15.4 Å². The van der Waals surface area contributed by atoms with E-state index in [4.69, 9.17) is 24.2 Å². The lowest BCUT2D eigenvalue weighted by Crippen LogP contribution is -2.58. The molecule has 3 aliphatic carbocycles. The van der Waals surface area contributed by atoms with Gasteiger partial charge in [0.25, 0.3) is 5.91 Å². The van der Waals surface area contributed by atoms with E-state index in [9.17, 15) is 27.6 Å². The van der Waals surface area contributed by atoms with Gasteiger partial charge in [0.05, 0.1) is 30.1 Å². The monoisotopic (exact) mass is 848 g/mol. The molecule has 15 nitrogen and oxygen atoms in total. The van der Waals surface area contributed by atoms with E-state index in [0.717, 1.165) is 42.8 Å². The van der Waals surface area contributed by atoms with E-state index in [-0.39, 0.29) is 19.4 Å². The van der Waals surface area contributed by atoms with Gasteiger partial charge in [0.2, 0.25) is 21.8 Å². The number of sulfonamides is 1. The van der Waals surface area contributed by atoms with Crippen LogP contribution in [0.1, 0.15) is 95.6 Å². The molecule has 2 aliphatic heterocycles. The third-order valence-electron chi connectivity index (χ3n) is 11.6. The molecule has 3 aromatic rings. The topological polar surface area (TPSA) is 195 Å². The second kappa shape index (κ2) is 16.0. The Balaban J connectivity index is 1.13. The van der Waals surface area contributed by atoms with Crippen molar-refractivity contribution in [1.29, 1.82) is 0 Å². The molecule has 8 rings (SSSR count). The molecule has 59 heavy (non-hydrogen) atoms. The minimum atomic E-state index is -3.91. The molecule has 2 saturated carbocycles. The van der Waals surface area contributed by atoms with Crippen LogP contribution in [0.15, 0.2) is 36.4 Å². The summed E-state index contributed by atoms with van der Waals surface area (Å²) in [5.74, 6) is -1.23. The number of allylic oxidation sites excluding steroid dienone is 1. The van der Waals surface area contributed by atoms with Crippen LogP contribution in [0.3, 0.4) is 0 Å². The van der Waals surface area contributed by atoms with Gasteiger partial charge in [-0.3, -0.25) is 19.1 Å². The second-order valence-electron chi connectivity index (χ2n) is 17.3. The summed E-state index contributed by atoms with van der Waals surface area (Å²) in [5, 5.41) is 6.53. The highest BCUT2D eigenvalue weighted by Crippen LogP contribution is 2.46. The van der Waals surface area contributed by atoms with Crippen LogP contribution in [0.5, 0.6) is 11.5 Å². The zero-order chi connectivity index (χ0) is 41.7. The number of ether oxygens (including phenoxy) is 3. The molecule has 17 heteroatoms. The number of alkyl carbamates (subject to hydrolysis) is 1. The normalized spacial score (nSPS) is 26.7. The quantitative estimate of drug-likeness (QED) is 0.255. The van der Waals surface area contributed by atoms with Crippen molar-refractivity contribution >= 4 is 56.1 Å². The van der Waals surface area contributed by atoms with E-state index in [1.807, 2.05) is 36.4 Å². The van der Waals surface area contributed by atoms with Crippen molar-refractivity contribution < 1.29 is 41.8 Å². The summed E-state index contributed by atoms with van der Waals surface area (Å²) in [6.07, 6.45) is 9.73. The van der Waals surface area contributed by atoms with Gasteiger partial charge in [0.15, 0.2) is 0 Å². The van der Waals surface area contributed by atoms with Crippen molar-refractivity contribution in [1.82, 2.24) is 30.2 Å². The Hall–Kier alpha value is -4.77. The number of hydrogen-bond acceptors (Lipinski definition) is 12. The van der Waals surface area contributed by atoms with Crippen molar-refractivity contribution in [2.45, 2.75) is 132 Å². The second-order valence-corrected chi connectivity index (χ2v) is 20.4. The summed E-state index contributed by atoms with van der Waals surface area (Å²) in [4.78, 5) is 68.8. The molecule has 2 aromatic heterocycles. The summed E-state index contributed by atoms with van der Waals surface area (Å²) in [6.45, 7) is 5.20. The molecule has 4 heterocycles. The fourth-order valence-corrected chi connectivity index (χ4v) is 10.8. The third-order valence-corrected chi connectivity index (χ3v) is 14.6. The number of rotatable bonds is 8. The van der Waals surface area contributed by atoms with Crippen molar-refractivity contribution in [3.63, 3.8) is 0 Å². The minimum absolute atomic E-state index is 0.0111. The summed E-state index contributed by atoms with van der Waals surface area (Å²) in [7, 11) is -2.32. The molecule has 1 saturated heterocycles. The lowest BCUT2D eigenvalue weighted by Gasteiger charge is -2.30. The molecule has 316 valence electrons. The Bertz CT molecular complexity index is 2280. The Morgan fingerprint density at radius 3 is 2.59 bits per heavy atom. The highest BCUT2D eigenvalue weighted by atomic mass is 32.2. The number of aryl methyl sites for hydroxylation is 2. The van der Waals surface area contributed by atoms with Gasteiger partial charge in [0, 0.05) is 34.7 Å². The Morgan fingerprint density at radius 2 is 1.85 bits per heavy atom. The van der Waals surface area contributed by atoms with Crippen molar-refractivity contribution in [2.75, 3.05) is 13.7 Å². The number of hydrogen-bond donors (Lipinski definition) is 3. The standard InChI is InChI=1S/C42H52N6O9S2/c1-41(2,3)57-40(52)45-30-12-9-7-5-6-8-11-24-22-42(24,39(51)47-59(53,54)27-16-17-27)46-36(49)33-20-26(23-48(33)38(30)50)56-34-21-32(37-44-29-13-10-14-35(29)58-37)43-31-19-25(55-4)15-18-28(31)34/h8,11,15,18-19,21,24,26-27,30,33H,5-7,9-10,12-14,16-17,20,22-23H2,1-4H3,(H,45,52)(H,46,49)(H,47,51)/b11-8-/t24-,26-,30+,33+,42-/m1/s1. The maximum absolute atomic E-state index is 14.7. The first-order valence-corrected chi connectivity index (χ1v) is 23.0. The largest absolute Gasteiger partial charge is 0.497 e. The predicted molar refractivity (Wildman–Crippen MR) is 220 cm³/mol. The number of carbonyl (C=O) groups is 4. The molecule has 3 fully saturated rings. The maximum atomic E-state index is 14.7. The Morgan fingerprint density at radius 1 is 1.03 bits per heavy atom. The predicted octanol–water partition coefficient (Wildman–Crippen LogP) is 5.10. The van der Waals surface area contributed by atoms with Crippen LogP contribution < -0.4 is 24.8 Å². The van der Waals surface area contributed by atoms with Crippen LogP contribution in [-0.4, -0.2) is 95.3 Å². The highest BCUT2D eigenvalue weighted by Gasteiger charge is 2.62. The lowest BCUT2D eigenvalue weighted by molar-refractivity contribution is -0.141. The summed E-state index contributed by atoms with van der Waals surface area (Å²) in [5.41, 5.74) is 0.0132. The first-order chi connectivity index (χ1) is 28.1. The zero-order valence-electron chi connectivity index (χ0n) is 33.9. The van der Waals surface area contributed by atoms with E-state index in [0.29, 0.717) is 60.2 Å². The number of aromatic nitrogens is 2. The molecule has 0 spiro atoms. The van der Waals surface area contributed by atoms with Gasteiger partial charge >= 0.3 is 6.09 Å². The van der Waals surface area contributed by atoms with Gasteiger partial charge in [-0.1, -0.05) is 25.0 Å². The summed E-state index contributed by atoms with van der Waals surface area (Å²) < 4.78 is 45.9. The molecule has 5 aliphatic rings. The lowest BCUT2D eigenvalue weighted by atomic mass is 10.0. The molecule has 1 aromatic carbocycles. The van der Waals surface area contributed by atoms with Gasteiger partial charge < -0.3 is 29.7 Å². The fourth-order valence-electron chi connectivity index (χ4n) is 8.29. The zero-order valence-corrected chi connectivity index (χ0v) is 35.5. The van der Waals surface area contributed by atoms with Gasteiger partial charge in [-0.2, -0.15) is 0 Å². The van der Waals surface area contributed by atoms with Gasteiger partial charge in [-0.25, -0.2) is 23.2 Å². The van der Waals surface area contributed by atoms with Gasteiger partial charge in [-0.15, -0.1) is 11.3 Å². The minimum Gasteiger partial charge on any atom is -0.497 e. The number of fused-ring (bicyclic) bond motifs is 4. The van der Waals surface area contributed by atoms with Crippen LogP contribution in [0, 0.1) is 5.92 Å². The first-order valence-electron chi connectivity index (χ1n) is 20.6. The van der Waals surface area contributed by atoms with E-state index < -0.39 is 74.3 Å². The number of carbonyl (C=O) groups excluding carboxylic acids is 4. The highest BCUT2D eigenvalue weighted by molar-refractivity contribution is 7.91. The first kappa shape index (κ1) is 41.0. The number of thiazole rings is 1. The fraction of sp³-hybridized carbons (Fsp3) is 0.571. The van der Waals surface area contributed by atoms with Crippen LogP contribution in [0.4, 0.5) is 4.79 Å². The van der Waals surface area contributed by atoms with Crippen LogP contribution >= 0.6 is 11.3 Å². The molecule has 3 N–H and O–H groups in total. The summed E-state index contributed by atoms with van der Waals surface area (Å²) in [6, 6.07) is 5.20. The average Bonchev–Trinajstić information content (AvgIpc) is 4.00. The number of nitrogens with zero attached hydrogens (tertiary/aromatic N) is 3. The molecular weight excluding hydrogens is 797 g/mol. The SMILES string of the molecule is COc1ccc2c(O[C@@H]3C[C@H]4C(=O)N[C@]5(C(=O)NS(=O)(=O)C6CC6)C[C@H]5/C=C\CCCCC[C@H](NC(=O)OC(C)(C)C)C(=O)N4C3)cc(-c3nc4c(s3)CCC4)nc2c1. The van der Waals surface area contributed by atoms with E-state index >= 15 is 0 Å². The van der Waals surface area contributed by atoms with E-state index in [1.165, 1.54) is 9.78 Å². The van der Waals surface area contributed by atoms with Crippen molar-refractivity contribution in [2.24, 2.45) is 5.92 Å². The van der Waals surface area contributed by atoms with Crippen LogP contribution in [-0.2, 0) is 42.0 Å². The smallest absolute Gasteiger partial charge is 0.408 e. The number of nitrogens with one attached hydrogen (secondary N) is 3. The van der Waals surface area contributed by atoms with Crippen molar-refractivity contribution in [3.05, 3.63) is 47.0 Å². The molecular formula is C42H52N6O9S2. The van der Waals surface area contributed by atoms with E-state index in [1.54, 1.807) is 39.2 Å². The molecule has 5 atom stereocenters. The number of pyridine rings is 1. The number of amides is 4. The average molecular weight is 849 g/mol. The molecule has 0 unspecified atom stereocenters. The molecule has 0 bridgehead atoms. The summed E-state index contributed by atoms with van der Waals surface area (Å²) >= 11 is 1.61. The van der Waals surface area contributed by atoms with Crippen LogP contribution in [0.2, 0.25) is 0 Å². The van der Waals surface area contributed by atoms with Gasteiger partial charge in [0.1, 0.15) is 51.5 Å². The Labute approximate surface area is 348 Å². The van der Waals surface area contributed by atoms with Crippen LogP contribution in [0.25, 0.3) is 21.6 Å². The van der Waals surface area contributed by atoms with Gasteiger partial charge in [-0.05, 0) is 90.7 Å².